The number of halogens is 4. The van der Waals surface area contributed by atoms with E-state index >= 15 is 0 Å². The molecule has 8 nitrogen and oxygen atoms in total. The Bertz CT molecular complexity index is 1680. The zero-order valence-corrected chi connectivity index (χ0v) is 21.3. The van der Waals surface area contributed by atoms with Crippen LogP contribution in [-0.2, 0) is 6.54 Å². The Morgan fingerprint density at radius 2 is 1.82 bits per heavy atom. The van der Waals surface area contributed by atoms with Crippen molar-refractivity contribution >= 4 is 39.4 Å². The molecule has 0 bridgehead atoms. The summed E-state index contributed by atoms with van der Waals surface area (Å²) in [5.41, 5.74) is 1.98. The van der Waals surface area contributed by atoms with Crippen molar-refractivity contribution in [1.29, 1.82) is 0 Å². The molecule has 2 aromatic carbocycles. The molecule has 196 valence electrons. The smallest absolute Gasteiger partial charge is 0.345 e. The molecule has 12 heteroatoms. The number of hydrogen-bond acceptors (Lipinski definition) is 6. The van der Waals surface area contributed by atoms with Crippen LogP contribution >= 0.6 is 11.6 Å². The number of nitrogens with zero attached hydrogens (tertiary/aromatic N) is 6. The van der Waals surface area contributed by atoms with E-state index in [2.05, 4.69) is 25.3 Å². The van der Waals surface area contributed by atoms with E-state index in [4.69, 9.17) is 11.6 Å². The van der Waals surface area contributed by atoms with Crippen LogP contribution in [0.25, 0.3) is 38.6 Å². The summed E-state index contributed by atoms with van der Waals surface area (Å²) in [5.74, 6) is -0.228. The Morgan fingerprint density at radius 1 is 1.05 bits per heavy atom. The van der Waals surface area contributed by atoms with Gasteiger partial charge in [-0.3, -0.25) is 14.0 Å². The van der Waals surface area contributed by atoms with Crippen molar-refractivity contribution in [3.05, 3.63) is 76.4 Å². The van der Waals surface area contributed by atoms with Crippen LogP contribution in [0.15, 0.2) is 65.8 Å². The second-order valence-corrected chi connectivity index (χ2v) is 9.53. The van der Waals surface area contributed by atoms with Crippen LogP contribution in [0.3, 0.4) is 0 Å². The minimum absolute atomic E-state index is 0.221. The van der Waals surface area contributed by atoms with Crippen LogP contribution in [0.5, 0.6) is 0 Å². The summed E-state index contributed by atoms with van der Waals surface area (Å²) in [5, 5.41) is 8.60. The first-order chi connectivity index (χ1) is 18.1. The number of nitrogens with one attached hydrogen (secondary N) is 1. The van der Waals surface area contributed by atoms with Gasteiger partial charge in [0.05, 0.1) is 23.1 Å². The molecule has 5 aromatic rings. The average Bonchev–Trinajstić information content (AvgIpc) is 3.28. The third kappa shape index (κ3) is 5.48. The van der Waals surface area contributed by atoms with Gasteiger partial charge in [-0.05, 0) is 50.0 Å². The fourth-order valence-corrected chi connectivity index (χ4v) is 4.20. The largest absolute Gasteiger partial charge is 0.405 e. The molecule has 0 aliphatic heterocycles. The van der Waals surface area contributed by atoms with Gasteiger partial charge in [-0.2, -0.15) is 18.3 Å². The van der Waals surface area contributed by atoms with Crippen LogP contribution in [0.4, 0.5) is 19.1 Å². The summed E-state index contributed by atoms with van der Waals surface area (Å²) < 4.78 is 41.6. The van der Waals surface area contributed by atoms with Crippen LogP contribution in [0, 0.1) is 0 Å². The van der Waals surface area contributed by atoms with E-state index in [0.29, 0.717) is 21.7 Å². The molecule has 0 aliphatic rings. The minimum atomic E-state index is -4.44. The number of pyridine rings is 1. The molecule has 0 spiro atoms. The van der Waals surface area contributed by atoms with E-state index in [1.54, 1.807) is 36.5 Å². The van der Waals surface area contributed by atoms with Crippen LogP contribution < -0.4 is 10.9 Å². The van der Waals surface area contributed by atoms with E-state index in [9.17, 15) is 18.0 Å². The first-order valence-electron chi connectivity index (χ1n) is 11.7. The van der Waals surface area contributed by atoms with Crippen molar-refractivity contribution in [2.24, 2.45) is 0 Å². The summed E-state index contributed by atoms with van der Waals surface area (Å²) in [4.78, 5) is 24.2. The molecule has 38 heavy (non-hydrogen) atoms. The lowest BCUT2D eigenvalue weighted by Gasteiger charge is -2.14. The zero-order chi connectivity index (χ0) is 27.0. The molecule has 1 N–H and O–H groups in total. The van der Waals surface area contributed by atoms with E-state index < -0.39 is 12.7 Å². The van der Waals surface area contributed by atoms with Gasteiger partial charge in [0.1, 0.15) is 6.54 Å². The molecule has 0 unspecified atom stereocenters. The van der Waals surface area contributed by atoms with Crippen molar-refractivity contribution in [3.63, 3.8) is 0 Å². The lowest BCUT2D eigenvalue weighted by atomic mass is 10.0. The third-order valence-corrected chi connectivity index (χ3v) is 6.18. The number of benzene rings is 2. The number of alkyl halides is 3. The number of fused-ring (bicyclic) bond motifs is 2. The van der Waals surface area contributed by atoms with Crippen LogP contribution in [-0.4, -0.2) is 62.6 Å². The predicted octanol–water partition coefficient (Wildman–Crippen LogP) is 4.99. The van der Waals surface area contributed by atoms with Gasteiger partial charge in [-0.1, -0.05) is 23.7 Å². The molecule has 3 heterocycles. The van der Waals surface area contributed by atoms with Gasteiger partial charge in [-0.15, -0.1) is 0 Å². The third-order valence-electron chi connectivity index (χ3n) is 5.92. The van der Waals surface area contributed by atoms with E-state index in [-0.39, 0.29) is 22.6 Å². The average molecular weight is 542 g/mol. The molecule has 0 atom stereocenters. The highest BCUT2D eigenvalue weighted by molar-refractivity contribution is 6.30. The van der Waals surface area contributed by atoms with Gasteiger partial charge in [-0.25, -0.2) is 9.97 Å². The molecule has 0 radical (unpaired) electrons. The van der Waals surface area contributed by atoms with Crippen molar-refractivity contribution in [3.8, 4) is 16.8 Å². The van der Waals surface area contributed by atoms with Crippen molar-refractivity contribution in [1.82, 2.24) is 29.2 Å². The molecule has 0 amide bonds. The first kappa shape index (κ1) is 25.7. The summed E-state index contributed by atoms with van der Waals surface area (Å²) in [6.07, 6.45) is 0.465. The van der Waals surface area contributed by atoms with Crippen molar-refractivity contribution < 1.29 is 13.2 Å². The lowest BCUT2D eigenvalue weighted by Crippen LogP contribution is -2.23. The van der Waals surface area contributed by atoms with Crippen molar-refractivity contribution in [2.45, 2.75) is 12.7 Å². The van der Waals surface area contributed by atoms with Gasteiger partial charge in [0.15, 0.2) is 0 Å². The quantitative estimate of drug-likeness (QED) is 0.313. The maximum atomic E-state index is 13.9. The summed E-state index contributed by atoms with van der Waals surface area (Å²) in [6, 6.07) is 12.1. The molecule has 0 saturated heterocycles. The molecular formula is C26H23ClF3N7O. The normalized spacial score (nSPS) is 12.1. The highest BCUT2D eigenvalue weighted by atomic mass is 35.5. The monoisotopic (exact) mass is 541 g/mol. The molecular weight excluding hydrogens is 519 g/mol. The number of anilines is 1. The number of hydrogen-bond donors (Lipinski definition) is 1. The Morgan fingerprint density at radius 3 is 2.53 bits per heavy atom. The van der Waals surface area contributed by atoms with E-state index in [1.165, 1.54) is 10.8 Å². The topological polar surface area (TPSA) is 80.9 Å². The van der Waals surface area contributed by atoms with Gasteiger partial charge in [0.25, 0.3) is 5.56 Å². The molecule has 0 aliphatic carbocycles. The fraction of sp³-hybridized carbons (Fsp3) is 0.231. The first-order valence-corrected chi connectivity index (χ1v) is 12.1. The Hall–Kier alpha value is -3.96. The van der Waals surface area contributed by atoms with E-state index in [1.807, 2.05) is 37.1 Å². The Kier molecular flexibility index (Phi) is 6.80. The predicted molar refractivity (Wildman–Crippen MR) is 142 cm³/mol. The minimum Gasteiger partial charge on any atom is -0.345 e. The molecule has 5 rings (SSSR count). The maximum absolute atomic E-state index is 13.9. The van der Waals surface area contributed by atoms with Gasteiger partial charge >= 0.3 is 6.18 Å². The van der Waals surface area contributed by atoms with E-state index in [0.717, 1.165) is 24.0 Å². The fourth-order valence-electron chi connectivity index (χ4n) is 4.07. The zero-order valence-electron chi connectivity index (χ0n) is 20.5. The maximum Gasteiger partial charge on any atom is 0.405 e. The Balaban J connectivity index is 1.64. The summed E-state index contributed by atoms with van der Waals surface area (Å²) >= 11 is 6.05. The van der Waals surface area contributed by atoms with Gasteiger partial charge < -0.3 is 10.2 Å². The standard InChI is InChI=1S/C26H23ClF3N7O/c1-35(2)9-10-36-13-17-11-20(7-8-21(17)34-36)37-14-18-12-31-25(32-15-26(28,29)30)33-23(18)22(24(37)38)16-3-5-19(27)6-4-16/h3-8,11-14H,9-10,15H2,1-2H3,(H,32,33). The number of likely N-dealkylation sites (N-methyl/N-ethyl adjacent to an activating group) is 1. The Labute approximate surface area is 220 Å². The highest BCUT2D eigenvalue weighted by Crippen LogP contribution is 2.28. The molecule has 3 aromatic heterocycles. The van der Waals surface area contributed by atoms with Crippen LogP contribution in [0.2, 0.25) is 5.02 Å². The second-order valence-electron chi connectivity index (χ2n) is 9.09. The second kappa shape index (κ2) is 10.1. The van der Waals surface area contributed by atoms with Crippen LogP contribution in [0.1, 0.15) is 0 Å². The SMILES string of the molecule is CN(C)CCn1cc2cc(-n3cc4cnc(NCC(F)(F)F)nc4c(-c4ccc(Cl)cc4)c3=O)ccc2n1. The summed E-state index contributed by atoms with van der Waals surface area (Å²) in [6.45, 7) is 0.249. The number of rotatable bonds is 7. The van der Waals surface area contributed by atoms with Crippen molar-refractivity contribution in [2.75, 3.05) is 32.5 Å². The highest BCUT2D eigenvalue weighted by Gasteiger charge is 2.27. The van der Waals surface area contributed by atoms with Gasteiger partial charge in [0, 0.05) is 46.6 Å². The van der Waals surface area contributed by atoms with Gasteiger partial charge in [0.2, 0.25) is 5.95 Å². The molecule has 0 saturated carbocycles. The molecule has 0 fully saturated rings. The number of aromatic nitrogens is 5. The lowest BCUT2D eigenvalue weighted by molar-refractivity contribution is -0.115. The summed E-state index contributed by atoms with van der Waals surface area (Å²) in [7, 11) is 3.98.